The van der Waals surface area contributed by atoms with Crippen LogP contribution in [0, 0.1) is 19.8 Å². The van der Waals surface area contributed by atoms with E-state index in [1.807, 2.05) is 72.9 Å². The number of nitrogens with one attached hydrogen (secondary N) is 2. The monoisotopic (exact) mass is 611 g/mol. The van der Waals surface area contributed by atoms with Crippen molar-refractivity contribution in [2.24, 2.45) is 5.92 Å². The van der Waals surface area contributed by atoms with Gasteiger partial charge in [0.05, 0.1) is 16.4 Å². The van der Waals surface area contributed by atoms with Crippen molar-refractivity contribution in [2.75, 3.05) is 30.4 Å². The van der Waals surface area contributed by atoms with Crippen LogP contribution < -0.4 is 15.5 Å². The first-order chi connectivity index (χ1) is 21.4. The first-order valence-electron chi connectivity index (χ1n) is 15.1. The number of hydrogen-bond donors (Lipinski definition) is 3. The summed E-state index contributed by atoms with van der Waals surface area (Å²) in [5.74, 6) is 1.18. The Kier molecular flexibility index (Phi) is 8.80. The maximum absolute atomic E-state index is 12.5. The fourth-order valence-corrected chi connectivity index (χ4v) is 6.68. The van der Waals surface area contributed by atoms with Crippen molar-refractivity contribution in [1.29, 1.82) is 0 Å². The van der Waals surface area contributed by atoms with Gasteiger partial charge in [0, 0.05) is 36.5 Å². The van der Waals surface area contributed by atoms with Gasteiger partial charge < -0.3 is 20.6 Å². The van der Waals surface area contributed by atoms with Crippen molar-refractivity contribution in [3.8, 4) is 11.1 Å². The molecule has 44 heavy (non-hydrogen) atoms. The lowest BCUT2D eigenvalue weighted by Gasteiger charge is -2.24. The number of likely N-dealkylation sites (N-methyl/N-ethyl adjacent to an activating group) is 1. The van der Waals surface area contributed by atoms with Crippen LogP contribution in [0.15, 0.2) is 48.7 Å². The molecule has 12 heteroatoms. The first-order valence-corrected chi connectivity index (χ1v) is 15.9. The molecule has 1 aliphatic rings. The van der Waals surface area contributed by atoms with Crippen molar-refractivity contribution in [3.05, 3.63) is 65.6 Å². The number of anilines is 4. The lowest BCUT2D eigenvalue weighted by molar-refractivity contribution is 0.0691. The Hall–Kier alpha value is -4.42. The molecule has 0 aliphatic heterocycles. The molecule has 1 saturated carbocycles. The van der Waals surface area contributed by atoms with E-state index in [-0.39, 0.29) is 5.69 Å². The molecule has 1 aliphatic carbocycles. The number of nitrogens with zero attached hydrogens (tertiary/aromatic N) is 7. The molecule has 0 saturated heterocycles. The van der Waals surface area contributed by atoms with Crippen LogP contribution >= 0.6 is 11.3 Å². The molecule has 1 aromatic carbocycles. The van der Waals surface area contributed by atoms with Gasteiger partial charge in [-0.05, 0) is 75.5 Å². The number of aromatic nitrogens is 6. The number of carboxylic acids is 1. The zero-order valence-electron chi connectivity index (χ0n) is 25.2. The van der Waals surface area contributed by atoms with Crippen molar-refractivity contribution in [2.45, 2.75) is 52.5 Å². The molecule has 0 unspecified atom stereocenters. The smallest absolute Gasteiger partial charge is 0.355 e. The van der Waals surface area contributed by atoms with Gasteiger partial charge in [-0.3, -0.25) is 4.68 Å². The largest absolute Gasteiger partial charge is 0.476 e. The van der Waals surface area contributed by atoms with Crippen LogP contribution in [-0.4, -0.2) is 61.2 Å². The van der Waals surface area contributed by atoms with E-state index in [2.05, 4.69) is 35.9 Å². The lowest BCUT2D eigenvalue weighted by Crippen LogP contribution is -2.29. The molecular formula is C32H37N9O2S. The van der Waals surface area contributed by atoms with E-state index in [9.17, 15) is 9.90 Å². The van der Waals surface area contributed by atoms with Gasteiger partial charge in [0.15, 0.2) is 22.5 Å². The number of rotatable bonds is 11. The average Bonchev–Trinajstić information content (AvgIpc) is 3.61. The van der Waals surface area contributed by atoms with E-state index in [1.54, 1.807) is 17.5 Å². The number of carboxylic acid groups (broad SMARTS) is 1. The summed E-state index contributed by atoms with van der Waals surface area (Å²) >= 11 is 1.55. The second kappa shape index (κ2) is 13.1. The van der Waals surface area contributed by atoms with Crippen molar-refractivity contribution in [1.82, 2.24) is 35.3 Å². The number of pyridine rings is 1. The number of para-hydroxylation sites is 1. The number of hydrogen-bond acceptors (Lipinski definition) is 10. The quantitative estimate of drug-likeness (QED) is 0.155. The van der Waals surface area contributed by atoms with Crippen LogP contribution in [0.5, 0.6) is 0 Å². The minimum absolute atomic E-state index is 0.0175. The van der Waals surface area contributed by atoms with Crippen molar-refractivity contribution >= 4 is 50.1 Å². The second-order valence-electron chi connectivity index (χ2n) is 11.3. The summed E-state index contributed by atoms with van der Waals surface area (Å²) in [7, 11) is 1.87. The minimum Gasteiger partial charge on any atom is -0.476 e. The number of aryl methyl sites for hydroxylation is 1. The molecule has 4 heterocycles. The van der Waals surface area contributed by atoms with E-state index in [0.717, 1.165) is 38.7 Å². The molecule has 3 N–H and O–H groups in total. The zero-order chi connectivity index (χ0) is 30.6. The maximum atomic E-state index is 12.5. The van der Waals surface area contributed by atoms with Gasteiger partial charge in [-0.1, -0.05) is 42.7 Å². The third kappa shape index (κ3) is 6.27. The Morgan fingerprint density at radius 1 is 1.05 bits per heavy atom. The van der Waals surface area contributed by atoms with Crippen LogP contribution in [0.25, 0.3) is 21.3 Å². The summed E-state index contributed by atoms with van der Waals surface area (Å²) in [6.45, 7) is 5.97. The van der Waals surface area contributed by atoms with E-state index < -0.39 is 5.97 Å². The predicted molar refractivity (Wildman–Crippen MR) is 174 cm³/mol. The molecular weight excluding hydrogens is 574 g/mol. The topological polar surface area (TPSA) is 134 Å². The molecule has 11 nitrogen and oxygen atoms in total. The maximum Gasteiger partial charge on any atom is 0.355 e. The molecule has 0 radical (unpaired) electrons. The number of thiazole rings is 1. The standard InChI is InChI=1S/C32H37N9O2S/c1-20-17-28(38-39-30(20)37-32-35-25-11-7-8-12-26(25)44-32)40(16-15-33-3)27-14-13-23(29(36-27)31(42)43)24-18-34-41(21(24)2)19-22-9-5-4-6-10-22/h7-8,11-14,17-18,22,33H,4-6,9-10,15-16,19H2,1-3H3,(H,42,43)(H,35,37,39). The van der Waals surface area contributed by atoms with Crippen LogP contribution in [0.1, 0.15) is 53.8 Å². The third-order valence-corrected chi connectivity index (χ3v) is 9.21. The molecule has 1 fully saturated rings. The molecule has 6 rings (SSSR count). The highest BCUT2D eigenvalue weighted by Crippen LogP contribution is 2.33. The summed E-state index contributed by atoms with van der Waals surface area (Å²) in [4.78, 5) is 23.7. The van der Waals surface area contributed by atoms with Gasteiger partial charge >= 0.3 is 5.97 Å². The highest BCUT2D eigenvalue weighted by atomic mass is 32.1. The normalized spacial score (nSPS) is 13.8. The fraction of sp³-hybridized carbons (Fsp3) is 0.375. The molecule has 0 atom stereocenters. The SMILES string of the molecule is CNCCN(c1cc(C)c(Nc2nc3ccccc3s2)nn1)c1ccc(-c2cnn(CC3CCCCC3)c2C)c(C(=O)O)n1. The Bertz CT molecular complexity index is 1740. The second-order valence-corrected chi connectivity index (χ2v) is 12.3. The zero-order valence-corrected chi connectivity index (χ0v) is 26.1. The number of aromatic carboxylic acids is 1. The third-order valence-electron chi connectivity index (χ3n) is 8.26. The molecule has 228 valence electrons. The van der Waals surface area contributed by atoms with Gasteiger partial charge in [0.2, 0.25) is 0 Å². The van der Waals surface area contributed by atoms with Crippen LogP contribution in [0.4, 0.5) is 22.6 Å². The van der Waals surface area contributed by atoms with Gasteiger partial charge in [0.25, 0.3) is 0 Å². The predicted octanol–water partition coefficient (Wildman–Crippen LogP) is 6.34. The minimum atomic E-state index is -1.09. The van der Waals surface area contributed by atoms with E-state index in [0.29, 0.717) is 42.0 Å². The van der Waals surface area contributed by atoms with E-state index in [4.69, 9.17) is 0 Å². The molecule has 4 aromatic heterocycles. The van der Waals surface area contributed by atoms with E-state index in [1.165, 1.54) is 32.1 Å². The Labute approximate surface area is 260 Å². The van der Waals surface area contributed by atoms with Crippen LogP contribution in [0.3, 0.4) is 0 Å². The number of carbonyl (C=O) groups is 1. The highest BCUT2D eigenvalue weighted by molar-refractivity contribution is 7.22. The molecule has 0 spiro atoms. The molecule has 0 bridgehead atoms. The van der Waals surface area contributed by atoms with Gasteiger partial charge in [-0.2, -0.15) is 5.10 Å². The Morgan fingerprint density at radius 2 is 1.86 bits per heavy atom. The van der Waals surface area contributed by atoms with Crippen LogP contribution in [-0.2, 0) is 6.54 Å². The summed E-state index contributed by atoms with van der Waals surface area (Å²) in [6, 6.07) is 13.6. The first kappa shape index (κ1) is 29.6. The Balaban J connectivity index is 1.28. The fourth-order valence-electron chi connectivity index (χ4n) is 5.81. The van der Waals surface area contributed by atoms with E-state index >= 15 is 0 Å². The lowest BCUT2D eigenvalue weighted by atomic mass is 9.89. The summed E-state index contributed by atoms with van der Waals surface area (Å²) in [6.07, 6.45) is 8.04. The summed E-state index contributed by atoms with van der Waals surface area (Å²) in [5.41, 5.74) is 4.09. The van der Waals surface area contributed by atoms with Crippen LogP contribution in [0.2, 0.25) is 0 Å². The van der Waals surface area contributed by atoms with Crippen molar-refractivity contribution < 1.29 is 9.90 Å². The number of fused-ring (bicyclic) bond motifs is 1. The summed E-state index contributed by atoms with van der Waals surface area (Å²) < 4.78 is 3.11. The summed E-state index contributed by atoms with van der Waals surface area (Å²) in [5, 5.41) is 31.1. The number of benzene rings is 1. The Morgan fingerprint density at radius 3 is 2.61 bits per heavy atom. The molecule has 5 aromatic rings. The average molecular weight is 612 g/mol. The van der Waals surface area contributed by atoms with Gasteiger partial charge in [-0.25, -0.2) is 14.8 Å². The van der Waals surface area contributed by atoms with Gasteiger partial charge in [0.1, 0.15) is 5.82 Å². The molecule has 0 amide bonds. The van der Waals surface area contributed by atoms with Gasteiger partial charge in [-0.15, -0.1) is 10.2 Å². The van der Waals surface area contributed by atoms with Crippen molar-refractivity contribution in [3.63, 3.8) is 0 Å². The highest BCUT2D eigenvalue weighted by Gasteiger charge is 2.23.